The zero-order valence-electron chi connectivity index (χ0n) is 10.9. The van der Waals surface area contributed by atoms with Crippen LogP contribution in [0.2, 0.25) is 0 Å². The van der Waals surface area contributed by atoms with E-state index in [9.17, 15) is 4.79 Å². The predicted molar refractivity (Wildman–Crippen MR) is 67.6 cm³/mol. The van der Waals surface area contributed by atoms with Crippen molar-refractivity contribution in [2.45, 2.75) is 34.1 Å². The first-order chi connectivity index (χ1) is 7.90. The summed E-state index contributed by atoms with van der Waals surface area (Å²) in [6, 6.07) is 4.10. The molecule has 0 aromatic heterocycles. The Balaban J connectivity index is 2.63. The predicted octanol–water partition coefficient (Wildman–Crippen LogP) is 3.10. The third-order valence-corrected chi connectivity index (χ3v) is 2.84. The van der Waals surface area contributed by atoms with Crippen LogP contribution in [0.15, 0.2) is 12.1 Å². The van der Waals surface area contributed by atoms with Gasteiger partial charge in [0.15, 0.2) is 0 Å². The summed E-state index contributed by atoms with van der Waals surface area (Å²) in [7, 11) is 0. The monoisotopic (exact) mass is 236 g/mol. The van der Waals surface area contributed by atoms with Gasteiger partial charge in [-0.2, -0.15) is 0 Å². The quantitative estimate of drug-likeness (QED) is 0.854. The van der Waals surface area contributed by atoms with Gasteiger partial charge in [-0.25, -0.2) is 0 Å². The van der Waals surface area contributed by atoms with Crippen molar-refractivity contribution in [2.24, 2.45) is 5.92 Å². The van der Waals surface area contributed by atoms with Crippen molar-refractivity contribution in [3.05, 3.63) is 28.8 Å². The van der Waals surface area contributed by atoms with Crippen LogP contribution in [0, 0.1) is 26.7 Å². The van der Waals surface area contributed by atoms with Crippen molar-refractivity contribution in [2.75, 3.05) is 6.61 Å². The minimum absolute atomic E-state index is 0.0218. The number of carboxylic acid groups (broad SMARTS) is 1. The summed E-state index contributed by atoms with van der Waals surface area (Å²) in [5.74, 6) is 0.0942. The van der Waals surface area contributed by atoms with Crippen LogP contribution in [0.3, 0.4) is 0 Å². The molecule has 94 valence electrons. The molecule has 0 aliphatic carbocycles. The van der Waals surface area contributed by atoms with Crippen LogP contribution in [0.25, 0.3) is 0 Å². The molecule has 0 amide bonds. The Hall–Kier alpha value is -1.51. The lowest BCUT2D eigenvalue weighted by atomic mass is 10.1. The SMILES string of the molecule is Cc1cc(C)c(OCC(C)CC(=O)O)cc1C. The summed E-state index contributed by atoms with van der Waals surface area (Å²) < 4.78 is 5.67. The molecule has 0 saturated heterocycles. The third kappa shape index (κ3) is 4.10. The first kappa shape index (κ1) is 13.6. The number of hydrogen-bond acceptors (Lipinski definition) is 2. The van der Waals surface area contributed by atoms with Crippen molar-refractivity contribution < 1.29 is 14.6 Å². The molecule has 3 nitrogen and oxygen atoms in total. The molecule has 1 unspecified atom stereocenters. The third-order valence-electron chi connectivity index (χ3n) is 2.84. The summed E-state index contributed by atoms with van der Waals surface area (Å²) in [6.07, 6.45) is 0.143. The fraction of sp³-hybridized carbons (Fsp3) is 0.500. The first-order valence-electron chi connectivity index (χ1n) is 5.82. The lowest BCUT2D eigenvalue weighted by Gasteiger charge is -2.14. The van der Waals surface area contributed by atoms with E-state index in [1.165, 1.54) is 11.1 Å². The molecular formula is C14H20O3. The van der Waals surface area contributed by atoms with Crippen LogP contribution in [0.1, 0.15) is 30.0 Å². The summed E-state index contributed by atoms with van der Waals surface area (Å²) >= 11 is 0. The van der Waals surface area contributed by atoms with Crippen LogP contribution in [-0.2, 0) is 4.79 Å². The van der Waals surface area contributed by atoms with E-state index in [1.807, 2.05) is 26.8 Å². The Labute approximate surface area is 102 Å². The molecular weight excluding hydrogens is 216 g/mol. The molecule has 3 heteroatoms. The minimum atomic E-state index is -0.780. The van der Waals surface area contributed by atoms with E-state index in [0.717, 1.165) is 11.3 Å². The van der Waals surface area contributed by atoms with E-state index in [0.29, 0.717) is 6.61 Å². The van der Waals surface area contributed by atoms with Crippen molar-refractivity contribution >= 4 is 5.97 Å². The van der Waals surface area contributed by atoms with E-state index >= 15 is 0 Å². The van der Waals surface area contributed by atoms with Gasteiger partial charge in [0.2, 0.25) is 0 Å². The van der Waals surface area contributed by atoms with Crippen LogP contribution in [0.4, 0.5) is 0 Å². The minimum Gasteiger partial charge on any atom is -0.493 e. The zero-order valence-corrected chi connectivity index (χ0v) is 10.9. The van der Waals surface area contributed by atoms with Gasteiger partial charge >= 0.3 is 5.97 Å². The molecule has 0 heterocycles. The van der Waals surface area contributed by atoms with Crippen molar-refractivity contribution in [3.8, 4) is 5.75 Å². The lowest BCUT2D eigenvalue weighted by molar-refractivity contribution is -0.138. The maximum atomic E-state index is 10.5. The van der Waals surface area contributed by atoms with Gasteiger partial charge < -0.3 is 9.84 Å². The number of hydrogen-bond donors (Lipinski definition) is 1. The van der Waals surface area contributed by atoms with Gasteiger partial charge in [-0.05, 0) is 43.5 Å². The molecule has 0 aliphatic heterocycles. The first-order valence-corrected chi connectivity index (χ1v) is 5.82. The van der Waals surface area contributed by atoms with Gasteiger partial charge in [-0.3, -0.25) is 4.79 Å². The average Bonchev–Trinajstić information content (AvgIpc) is 2.20. The molecule has 0 bridgehead atoms. The summed E-state index contributed by atoms with van der Waals surface area (Å²) in [6.45, 7) is 8.44. The van der Waals surface area contributed by atoms with Crippen molar-refractivity contribution in [1.29, 1.82) is 0 Å². The molecule has 0 spiro atoms. The molecule has 1 aromatic rings. The second kappa shape index (κ2) is 5.71. The molecule has 0 radical (unpaired) electrons. The Morgan fingerprint density at radius 2 is 1.82 bits per heavy atom. The topological polar surface area (TPSA) is 46.5 Å². The maximum absolute atomic E-state index is 10.5. The summed E-state index contributed by atoms with van der Waals surface area (Å²) in [5, 5.41) is 8.66. The highest BCUT2D eigenvalue weighted by Gasteiger charge is 2.09. The van der Waals surface area contributed by atoms with Crippen LogP contribution in [-0.4, -0.2) is 17.7 Å². The van der Waals surface area contributed by atoms with Gasteiger partial charge in [0.1, 0.15) is 5.75 Å². The van der Waals surface area contributed by atoms with Gasteiger partial charge in [0.05, 0.1) is 13.0 Å². The van der Waals surface area contributed by atoms with E-state index in [2.05, 4.69) is 13.0 Å². The Kier molecular flexibility index (Phi) is 4.55. The number of ether oxygens (including phenoxy) is 1. The highest BCUT2D eigenvalue weighted by atomic mass is 16.5. The molecule has 1 rings (SSSR count). The van der Waals surface area contributed by atoms with Gasteiger partial charge in [-0.1, -0.05) is 13.0 Å². The number of aliphatic carboxylic acids is 1. The fourth-order valence-electron chi connectivity index (χ4n) is 1.68. The van der Waals surface area contributed by atoms with E-state index < -0.39 is 5.97 Å². The lowest BCUT2D eigenvalue weighted by Crippen LogP contribution is -2.13. The van der Waals surface area contributed by atoms with Gasteiger partial charge in [0.25, 0.3) is 0 Å². The fourth-order valence-corrected chi connectivity index (χ4v) is 1.68. The van der Waals surface area contributed by atoms with Crippen LogP contribution in [0.5, 0.6) is 5.75 Å². The Bertz CT molecular complexity index is 410. The number of rotatable bonds is 5. The van der Waals surface area contributed by atoms with Crippen molar-refractivity contribution in [1.82, 2.24) is 0 Å². The number of carboxylic acids is 1. The number of benzene rings is 1. The van der Waals surface area contributed by atoms with Gasteiger partial charge in [0, 0.05) is 5.92 Å². The highest BCUT2D eigenvalue weighted by molar-refractivity contribution is 5.66. The number of aryl methyl sites for hydroxylation is 3. The second-order valence-corrected chi connectivity index (χ2v) is 4.72. The molecule has 0 saturated carbocycles. The number of carbonyl (C=O) groups is 1. The zero-order chi connectivity index (χ0) is 13.0. The van der Waals surface area contributed by atoms with Gasteiger partial charge in [-0.15, -0.1) is 0 Å². The molecule has 1 aromatic carbocycles. The maximum Gasteiger partial charge on any atom is 0.303 e. The second-order valence-electron chi connectivity index (χ2n) is 4.72. The smallest absolute Gasteiger partial charge is 0.303 e. The van der Waals surface area contributed by atoms with Crippen molar-refractivity contribution in [3.63, 3.8) is 0 Å². The normalized spacial score (nSPS) is 12.2. The molecule has 0 aliphatic rings. The van der Waals surface area contributed by atoms with Crippen LogP contribution < -0.4 is 4.74 Å². The van der Waals surface area contributed by atoms with E-state index in [-0.39, 0.29) is 12.3 Å². The summed E-state index contributed by atoms with van der Waals surface area (Å²) in [5.41, 5.74) is 3.53. The molecule has 1 N–H and O–H groups in total. The van der Waals surface area contributed by atoms with Crippen LogP contribution >= 0.6 is 0 Å². The Morgan fingerprint density at radius 1 is 1.24 bits per heavy atom. The highest BCUT2D eigenvalue weighted by Crippen LogP contribution is 2.23. The average molecular weight is 236 g/mol. The summed E-state index contributed by atoms with van der Waals surface area (Å²) in [4.78, 5) is 10.5. The largest absolute Gasteiger partial charge is 0.493 e. The molecule has 0 fully saturated rings. The van der Waals surface area contributed by atoms with E-state index in [4.69, 9.17) is 9.84 Å². The molecule has 17 heavy (non-hydrogen) atoms. The van der Waals surface area contributed by atoms with E-state index in [1.54, 1.807) is 0 Å². The Morgan fingerprint density at radius 3 is 2.41 bits per heavy atom. The standard InChI is InChI=1S/C14H20O3/c1-9(5-14(15)16)8-17-13-7-11(3)10(2)6-12(13)4/h6-7,9H,5,8H2,1-4H3,(H,15,16). The molecule has 1 atom stereocenters.